The van der Waals surface area contributed by atoms with Crippen molar-refractivity contribution in [2.75, 3.05) is 0 Å². The van der Waals surface area contributed by atoms with Gasteiger partial charge in [-0.15, -0.1) is 0 Å². The molecule has 0 saturated heterocycles. The zero-order chi connectivity index (χ0) is 7.23. The van der Waals surface area contributed by atoms with E-state index in [0.717, 1.165) is 5.76 Å². The van der Waals surface area contributed by atoms with Gasteiger partial charge in [-0.1, -0.05) is 6.08 Å². The van der Waals surface area contributed by atoms with Gasteiger partial charge in [0.15, 0.2) is 0 Å². The van der Waals surface area contributed by atoms with Crippen LogP contribution in [0.3, 0.4) is 0 Å². The molecular weight excluding hydrogens is 126 g/mol. The molecule has 0 radical (unpaired) electrons. The van der Waals surface area contributed by atoms with Gasteiger partial charge in [-0.05, 0) is 19.1 Å². The van der Waals surface area contributed by atoms with Gasteiger partial charge >= 0.3 is 0 Å². The Kier molecular flexibility index (Phi) is 2.49. The predicted molar refractivity (Wildman–Crippen MR) is 41.1 cm³/mol. The van der Waals surface area contributed by atoms with E-state index in [1.54, 1.807) is 18.7 Å². The highest BCUT2D eigenvalue weighted by atomic mass is 16.3. The molecule has 0 aliphatic heterocycles. The lowest BCUT2D eigenvalue weighted by Crippen LogP contribution is -1.69. The summed E-state index contributed by atoms with van der Waals surface area (Å²) in [4.78, 5) is 3.93. The van der Waals surface area contributed by atoms with E-state index in [9.17, 15) is 0 Å². The summed E-state index contributed by atoms with van der Waals surface area (Å²) < 4.78 is 5.00. The van der Waals surface area contributed by atoms with Gasteiger partial charge in [0.1, 0.15) is 5.76 Å². The van der Waals surface area contributed by atoms with Gasteiger partial charge in [-0.3, -0.25) is 4.99 Å². The first-order valence-corrected chi connectivity index (χ1v) is 3.11. The van der Waals surface area contributed by atoms with Crippen molar-refractivity contribution in [2.45, 2.75) is 6.92 Å². The van der Waals surface area contributed by atoms with Crippen molar-refractivity contribution < 1.29 is 4.42 Å². The summed E-state index contributed by atoms with van der Waals surface area (Å²) >= 11 is 0. The zero-order valence-electron chi connectivity index (χ0n) is 5.82. The fourth-order valence-electron chi connectivity index (χ4n) is 0.567. The summed E-state index contributed by atoms with van der Waals surface area (Å²) in [5, 5.41) is 0. The summed E-state index contributed by atoms with van der Waals surface area (Å²) in [5.41, 5.74) is 0. The standard InChI is InChI=1S/C8H9NO/c1-2-5-9-7-8-4-3-6-10-8/h2-7H,1H3. The van der Waals surface area contributed by atoms with Crippen molar-refractivity contribution in [2.24, 2.45) is 4.99 Å². The van der Waals surface area contributed by atoms with E-state index >= 15 is 0 Å². The highest BCUT2D eigenvalue weighted by Gasteiger charge is 1.84. The number of hydrogen-bond donors (Lipinski definition) is 0. The molecule has 0 amide bonds. The highest BCUT2D eigenvalue weighted by molar-refractivity contribution is 5.76. The lowest BCUT2D eigenvalue weighted by atomic mass is 10.5. The van der Waals surface area contributed by atoms with Gasteiger partial charge in [0.2, 0.25) is 0 Å². The van der Waals surface area contributed by atoms with Gasteiger partial charge in [0.05, 0.1) is 12.5 Å². The second-order valence-corrected chi connectivity index (χ2v) is 1.78. The highest BCUT2D eigenvalue weighted by Crippen LogP contribution is 1.94. The zero-order valence-corrected chi connectivity index (χ0v) is 5.82. The Balaban J connectivity index is 2.55. The van der Waals surface area contributed by atoms with Crippen LogP contribution in [-0.2, 0) is 0 Å². The number of rotatable bonds is 2. The van der Waals surface area contributed by atoms with Crippen LogP contribution in [0.4, 0.5) is 0 Å². The molecule has 2 heteroatoms. The van der Waals surface area contributed by atoms with Crippen LogP contribution < -0.4 is 0 Å². The number of hydrogen-bond acceptors (Lipinski definition) is 2. The van der Waals surface area contributed by atoms with Gasteiger partial charge < -0.3 is 4.42 Å². The van der Waals surface area contributed by atoms with E-state index < -0.39 is 0 Å². The molecule has 52 valence electrons. The third kappa shape index (κ3) is 1.90. The lowest BCUT2D eigenvalue weighted by Gasteiger charge is -1.77. The number of furan rings is 1. The maximum atomic E-state index is 5.00. The Morgan fingerprint density at radius 1 is 1.60 bits per heavy atom. The van der Waals surface area contributed by atoms with Crippen molar-refractivity contribution in [1.29, 1.82) is 0 Å². The summed E-state index contributed by atoms with van der Waals surface area (Å²) in [6, 6.07) is 3.68. The van der Waals surface area contributed by atoms with Crippen LogP contribution in [-0.4, -0.2) is 6.21 Å². The lowest BCUT2D eigenvalue weighted by molar-refractivity contribution is 0.560. The summed E-state index contributed by atoms with van der Waals surface area (Å²) in [6.45, 7) is 1.92. The van der Waals surface area contributed by atoms with Gasteiger partial charge in [-0.25, -0.2) is 0 Å². The Hall–Kier alpha value is -1.31. The molecule has 0 saturated carbocycles. The van der Waals surface area contributed by atoms with Crippen molar-refractivity contribution in [3.63, 3.8) is 0 Å². The third-order valence-electron chi connectivity index (χ3n) is 0.980. The van der Waals surface area contributed by atoms with Crippen LogP contribution in [0.15, 0.2) is 40.1 Å². The van der Waals surface area contributed by atoms with Crippen LogP contribution in [0.1, 0.15) is 12.7 Å². The topological polar surface area (TPSA) is 25.5 Å². The second kappa shape index (κ2) is 3.67. The summed E-state index contributed by atoms with van der Waals surface area (Å²) in [5.74, 6) is 0.776. The van der Waals surface area contributed by atoms with Crippen molar-refractivity contribution in [3.05, 3.63) is 36.4 Å². The quantitative estimate of drug-likeness (QED) is 0.571. The van der Waals surface area contributed by atoms with Crippen LogP contribution in [0, 0.1) is 0 Å². The molecule has 0 aliphatic rings. The average molecular weight is 135 g/mol. The largest absolute Gasteiger partial charge is 0.463 e. The fourth-order valence-corrected chi connectivity index (χ4v) is 0.567. The first-order valence-electron chi connectivity index (χ1n) is 3.11. The molecule has 0 aliphatic carbocycles. The van der Waals surface area contributed by atoms with E-state index in [0.29, 0.717) is 0 Å². The van der Waals surface area contributed by atoms with Crippen molar-refractivity contribution in [1.82, 2.24) is 0 Å². The Bertz CT molecular complexity index is 221. The molecule has 0 N–H and O–H groups in total. The van der Waals surface area contributed by atoms with E-state index in [1.807, 2.05) is 25.1 Å². The monoisotopic (exact) mass is 135 g/mol. The molecule has 0 spiro atoms. The van der Waals surface area contributed by atoms with Crippen molar-refractivity contribution >= 4 is 6.21 Å². The van der Waals surface area contributed by atoms with Crippen molar-refractivity contribution in [3.8, 4) is 0 Å². The molecule has 0 aromatic carbocycles. The molecule has 0 fully saturated rings. The molecule has 0 bridgehead atoms. The molecule has 1 heterocycles. The van der Waals surface area contributed by atoms with E-state index in [-0.39, 0.29) is 0 Å². The van der Waals surface area contributed by atoms with Gasteiger partial charge in [-0.2, -0.15) is 0 Å². The summed E-state index contributed by atoms with van der Waals surface area (Å²) in [6.07, 6.45) is 6.86. The number of allylic oxidation sites excluding steroid dienone is 1. The minimum Gasteiger partial charge on any atom is -0.463 e. The smallest absolute Gasteiger partial charge is 0.144 e. The van der Waals surface area contributed by atoms with E-state index in [2.05, 4.69) is 4.99 Å². The predicted octanol–water partition coefficient (Wildman–Crippen LogP) is 2.23. The van der Waals surface area contributed by atoms with Crippen LogP contribution in [0.5, 0.6) is 0 Å². The maximum Gasteiger partial charge on any atom is 0.144 e. The Morgan fingerprint density at radius 2 is 2.50 bits per heavy atom. The molecule has 2 nitrogen and oxygen atoms in total. The number of nitrogens with zero attached hydrogens (tertiary/aromatic N) is 1. The first kappa shape index (κ1) is 6.81. The molecule has 1 rings (SSSR count). The van der Waals surface area contributed by atoms with Crippen LogP contribution >= 0.6 is 0 Å². The molecule has 1 aromatic rings. The number of aliphatic imine (C=N–C) groups is 1. The SMILES string of the molecule is CC=CN=Cc1ccco1. The van der Waals surface area contributed by atoms with Crippen LogP contribution in [0.25, 0.3) is 0 Å². The molecule has 1 aromatic heterocycles. The summed E-state index contributed by atoms with van der Waals surface area (Å²) in [7, 11) is 0. The molecule has 0 atom stereocenters. The Morgan fingerprint density at radius 3 is 3.10 bits per heavy atom. The Labute approximate surface area is 59.9 Å². The minimum absolute atomic E-state index is 0.776. The third-order valence-corrected chi connectivity index (χ3v) is 0.980. The molecular formula is C8H9NO. The first-order chi connectivity index (χ1) is 4.93. The molecule has 0 unspecified atom stereocenters. The second-order valence-electron chi connectivity index (χ2n) is 1.78. The normalized spacial score (nSPS) is 11.7. The molecule has 10 heavy (non-hydrogen) atoms. The van der Waals surface area contributed by atoms with Crippen LogP contribution in [0.2, 0.25) is 0 Å². The minimum atomic E-state index is 0.776. The average Bonchev–Trinajstić information content (AvgIpc) is 2.41. The fraction of sp³-hybridized carbons (Fsp3) is 0.125. The van der Waals surface area contributed by atoms with Gasteiger partial charge in [0.25, 0.3) is 0 Å². The van der Waals surface area contributed by atoms with E-state index in [4.69, 9.17) is 4.42 Å². The van der Waals surface area contributed by atoms with Gasteiger partial charge in [0, 0.05) is 6.20 Å². The maximum absolute atomic E-state index is 5.00. The van der Waals surface area contributed by atoms with E-state index in [1.165, 1.54) is 0 Å².